The van der Waals surface area contributed by atoms with Crippen LogP contribution in [0.15, 0.2) is 54.6 Å². The summed E-state index contributed by atoms with van der Waals surface area (Å²) in [5, 5.41) is 5.62. The van der Waals surface area contributed by atoms with Crippen LogP contribution in [0.25, 0.3) is 0 Å². The molecule has 0 aliphatic carbocycles. The molecule has 0 bridgehead atoms. The van der Waals surface area contributed by atoms with Crippen molar-refractivity contribution < 1.29 is 19.1 Å². The van der Waals surface area contributed by atoms with Gasteiger partial charge in [0.1, 0.15) is 0 Å². The second-order valence-corrected chi connectivity index (χ2v) is 7.93. The Morgan fingerprint density at radius 2 is 1.42 bits per heavy atom. The monoisotopic (exact) mass is 424 g/mol. The Kier molecular flexibility index (Phi) is 10.3. The first-order valence-corrected chi connectivity index (χ1v) is 10.8. The van der Waals surface area contributed by atoms with Gasteiger partial charge in [0.05, 0.1) is 6.61 Å². The lowest BCUT2D eigenvalue weighted by Gasteiger charge is -2.09. The highest BCUT2D eigenvalue weighted by molar-refractivity contribution is 5.93. The molecular weight excluding hydrogens is 392 g/mol. The van der Waals surface area contributed by atoms with Gasteiger partial charge in [-0.1, -0.05) is 44.2 Å². The summed E-state index contributed by atoms with van der Waals surface area (Å²) in [6.45, 7) is 4.37. The van der Waals surface area contributed by atoms with E-state index in [1.807, 2.05) is 32.0 Å². The van der Waals surface area contributed by atoms with Crippen molar-refractivity contribution in [2.75, 3.05) is 17.2 Å². The molecule has 0 saturated heterocycles. The van der Waals surface area contributed by atoms with Gasteiger partial charge in [0.2, 0.25) is 11.8 Å². The van der Waals surface area contributed by atoms with Gasteiger partial charge in [-0.15, -0.1) is 0 Å². The van der Waals surface area contributed by atoms with Gasteiger partial charge in [-0.05, 0) is 55.0 Å². The predicted molar refractivity (Wildman–Crippen MR) is 123 cm³/mol. The maximum Gasteiger partial charge on any atom is 0.305 e. The van der Waals surface area contributed by atoms with E-state index in [1.165, 1.54) is 5.56 Å². The number of ether oxygens (including phenoxy) is 1. The fourth-order valence-electron chi connectivity index (χ4n) is 3.02. The number of aryl methyl sites for hydroxylation is 1. The fraction of sp³-hybridized carbons (Fsp3) is 0.400. The van der Waals surface area contributed by atoms with Crippen molar-refractivity contribution in [1.82, 2.24) is 0 Å². The Balaban J connectivity index is 1.58. The highest BCUT2D eigenvalue weighted by atomic mass is 16.5. The Morgan fingerprint density at radius 3 is 2.03 bits per heavy atom. The van der Waals surface area contributed by atoms with Crippen LogP contribution < -0.4 is 10.6 Å². The maximum absolute atomic E-state index is 12.1. The molecule has 2 amide bonds. The smallest absolute Gasteiger partial charge is 0.305 e. The van der Waals surface area contributed by atoms with Crippen LogP contribution in [0.4, 0.5) is 11.4 Å². The average Bonchev–Trinajstić information content (AvgIpc) is 2.73. The molecule has 0 aliphatic heterocycles. The number of benzene rings is 2. The Hall–Kier alpha value is -3.15. The third-order valence-corrected chi connectivity index (χ3v) is 4.55. The van der Waals surface area contributed by atoms with Crippen LogP contribution in [0.5, 0.6) is 0 Å². The Labute approximate surface area is 184 Å². The van der Waals surface area contributed by atoms with E-state index in [0.717, 1.165) is 12.8 Å². The molecule has 2 rings (SSSR count). The summed E-state index contributed by atoms with van der Waals surface area (Å²) in [6, 6.07) is 17.0. The maximum atomic E-state index is 12.1. The van der Waals surface area contributed by atoms with Gasteiger partial charge in [-0.25, -0.2) is 0 Å². The lowest BCUT2D eigenvalue weighted by molar-refractivity contribution is -0.143. The number of amides is 2. The highest BCUT2D eigenvalue weighted by Gasteiger charge is 2.08. The number of hydrogen-bond acceptors (Lipinski definition) is 4. The third kappa shape index (κ3) is 10.4. The Bertz CT molecular complexity index is 832. The standard InChI is InChI=1S/C25H32N2O4/c1-19(2)18-24(29)27-22-15-13-21(14-16-22)26-23(28)11-6-12-25(30)31-17-7-10-20-8-4-3-5-9-20/h3-5,8-9,13-16,19H,6-7,10-12,17-18H2,1-2H3,(H,26,28)(H,27,29). The van der Waals surface area contributed by atoms with Crippen molar-refractivity contribution in [3.63, 3.8) is 0 Å². The van der Waals surface area contributed by atoms with Crippen molar-refractivity contribution in [3.05, 3.63) is 60.2 Å². The molecule has 2 N–H and O–H groups in total. The molecule has 0 unspecified atom stereocenters. The molecule has 0 spiro atoms. The topological polar surface area (TPSA) is 84.5 Å². The van der Waals surface area contributed by atoms with Gasteiger partial charge in [0.15, 0.2) is 0 Å². The van der Waals surface area contributed by atoms with E-state index in [-0.39, 0.29) is 30.6 Å². The van der Waals surface area contributed by atoms with Crippen LogP contribution in [0.3, 0.4) is 0 Å². The van der Waals surface area contributed by atoms with Crippen LogP contribution in [0.2, 0.25) is 0 Å². The fourth-order valence-corrected chi connectivity index (χ4v) is 3.02. The normalized spacial score (nSPS) is 10.5. The van der Waals surface area contributed by atoms with Crippen LogP contribution in [-0.4, -0.2) is 24.4 Å². The average molecular weight is 425 g/mol. The summed E-state index contributed by atoms with van der Waals surface area (Å²) >= 11 is 0. The van der Waals surface area contributed by atoms with E-state index in [2.05, 4.69) is 22.8 Å². The number of hydrogen-bond donors (Lipinski definition) is 2. The largest absolute Gasteiger partial charge is 0.466 e. The number of rotatable bonds is 12. The van der Waals surface area contributed by atoms with E-state index < -0.39 is 0 Å². The quantitative estimate of drug-likeness (QED) is 0.373. The van der Waals surface area contributed by atoms with E-state index in [1.54, 1.807) is 24.3 Å². The predicted octanol–water partition coefficient (Wildman–Crippen LogP) is 4.96. The van der Waals surface area contributed by atoms with Crippen LogP contribution in [0, 0.1) is 5.92 Å². The zero-order valence-electron chi connectivity index (χ0n) is 18.4. The van der Waals surface area contributed by atoms with E-state index in [0.29, 0.717) is 36.7 Å². The number of nitrogens with one attached hydrogen (secondary N) is 2. The number of esters is 1. The molecule has 0 fully saturated rings. The highest BCUT2D eigenvalue weighted by Crippen LogP contribution is 2.15. The van der Waals surface area contributed by atoms with Gasteiger partial charge in [0.25, 0.3) is 0 Å². The van der Waals surface area contributed by atoms with Crippen molar-refractivity contribution in [2.24, 2.45) is 5.92 Å². The van der Waals surface area contributed by atoms with Crippen molar-refractivity contribution in [2.45, 2.75) is 52.4 Å². The molecule has 0 atom stereocenters. The molecule has 0 aliphatic rings. The first-order chi connectivity index (χ1) is 14.9. The summed E-state index contributed by atoms with van der Waals surface area (Å²) in [7, 11) is 0. The minimum atomic E-state index is -0.276. The second kappa shape index (κ2) is 13.2. The number of anilines is 2. The molecule has 2 aromatic rings. The summed E-state index contributed by atoms with van der Waals surface area (Å²) in [5.41, 5.74) is 2.56. The van der Waals surface area contributed by atoms with Crippen LogP contribution in [0.1, 0.15) is 51.5 Å². The first kappa shape index (κ1) is 24.1. The molecule has 0 aromatic heterocycles. The minimum absolute atomic E-state index is 0.0289. The van der Waals surface area contributed by atoms with E-state index >= 15 is 0 Å². The number of carbonyl (C=O) groups excluding carboxylic acids is 3. The van der Waals surface area contributed by atoms with Crippen LogP contribution in [-0.2, 0) is 25.5 Å². The second-order valence-electron chi connectivity index (χ2n) is 7.93. The Morgan fingerprint density at radius 1 is 0.806 bits per heavy atom. The number of carbonyl (C=O) groups is 3. The van der Waals surface area contributed by atoms with Crippen molar-refractivity contribution in [1.29, 1.82) is 0 Å². The lowest BCUT2D eigenvalue weighted by atomic mass is 10.1. The zero-order chi connectivity index (χ0) is 22.5. The molecule has 166 valence electrons. The summed E-state index contributed by atoms with van der Waals surface area (Å²) in [5.74, 6) is -0.167. The molecule has 31 heavy (non-hydrogen) atoms. The van der Waals surface area contributed by atoms with Gasteiger partial charge in [-0.2, -0.15) is 0 Å². The van der Waals surface area contributed by atoms with Crippen molar-refractivity contribution in [3.8, 4) is 0 Å². The summed E-state index contributed by atoms with van der Waals surface area (Å²) < 4.78 is 5.23. The van der Waals surface area contributed by atoms with Gasteiger partial charge in [0, 0.05) is 30.6 Å². The van der Waals surface area contributed by atoms with Gasteiger partial charge >= 0.3 is 5.97 Å². The first-order valence-electron chi connectivity index (χ1n) is 10.8. The van der Waals surface area contributed by atoms with E-state index in [4.69, 9.17) is 4.74 Å². The zero-order valence-corrected chi connectivity index (χ0v) is 18.4. The SMILES string of the molecule is CC(C)CC(=O)Nc1ccc(NC(=O)CCCC(=O)OCCCc2ccccc2)cc1. The molecule has 2 aromatic carbocycles. The molecule has 0 heterocycles. The molecule has 0 radical (unpaired) electrons. The summed E-state index contributed by atoms with van der Waals surface area (Å²) in [6.07, 6.45) is 3.02. The molecule has 0 saturated carbocycles. The van der Waals surface area contributed by atoms with E-state index in [9.17, 15) is 14.4 Å². The third-order valence-electron chi connectivity index (χ3n) is 4.55. The summed E-state index contributed by atoms with van der Waals surface area (Å²) in [4.78, 5) is 35.6. The molecular formula is C25H32N2O4. The molecule has 6 nitrogen and oxygen atoms in total. The van der Waals surface area contributed by atoms with Crippen molar-refractivity contribution >= 4 is 29.2 Å². The van der Waals surface area contributed by atoms with Gasteiger partial charge < -0.3 is 15.4 Å². The molecule has 6 heteroatoms. The van der Waals surface area contributed by atoms with Crippen LogP contribution >= 0.6 is 0 Å². The minimum Gasteiger partial charge on any atom is -0.466 e. The lowest BCUT2D eigenvalue weighted by Crippen LogP contribution is -2.14. The van der Waals surface area contributed by atoms with Gasteiger partial charge in [-0.3, -0.25) is 14.4 Å².